The summed E-state index contributed by atoms with van der Waals surface area (Å²) >= 11 is 1.57. The van der Waals surface area contributed by atoms with E-state index in [9.17, 15) is 0 Å². The van der Waals surface area contributed by atoms with Crippen molar-refractivity contribution in [2.45, 2.75) is 30.5 Å². The zero-order chi connectivity index (χ0) is 17.9. The van der Waals surface area contributed by atoms with Crippen LogP contribution in [0.4, 0.5) is 5.82 Å². The van der Waals surface area contributed by atoms with Gasteiger partial charge in [0.05, 0.1) is 0 Å². The second kappa shape index (κ2) is 7.45. The van der Waals surface area contributed by atoms with E-state index in [2.05, 4.69) is 41.8 Å². The first-order valence-electron chi connectivity index (χ1n) is 8.72. The summed E-state index contributed by atoms with van der Waals surface area (Å²) < 4.78 is 3.99. The third-order valence-electron chi connectivity index (χ3n) is 4.85. The van der Waals surface area contributed by atoms with Crippen molar-refractivity contribution in [3.8, 4) is 0 Å². The second-order valence-corrected chi connectivity index (χ2v) is 7.17. The highest BCUT2D eigenvalue weighted by Crippen LogP contribution is 2.29. The van der Waals surface area contributed by atoms with Crippen molar-refractivity contribution in [3.05, 3.63) is 42.4 Å². The van der Waals surface area contributed by atoms with Gasteiger partial charge in [-0.05, 0) is 31.2 Å². The van der Waals surface area contributed by atoms with Crippen LogP contribution >= 0.6 is 11.8 Å². The quantitative estimate of drug-likeness (QED) is 0.502. The van der Waals surface area contributed by atoms with Crippen LogP contribution in [-0.2, 0) is 13.6 Å². The molecule has 4 heterocycles. The molecule has 26 heavy (non-hydrogen) atoms. The average molecular weight is 370 g/mol. The van der Waals surface area contributed by atoms with Crippen LogP contribution in [0.15, 0.2) is 35.9 Å². The Morgan fingerprint density at radius 1 is 1.19 bits per heavy atom. The average Bonchev–Trinajstić information content (AvgIpc) is 3.33. The first-order valence-corrected chi connectivity index (χ1v) is 9.94. The number of aromatic nitrogens is 7. The molecule has 4 rings (SSSR count). The highest BCUT2D eigenvalue weighted by Gasteiger charge is 2.26. The van der Waals surface area contributed by atoms with Crippen LogP contribution < -0.4 is 4.90 Å². The fourth-order valence-electron chi connectivity index (χ4n) is 3.38. The van der Waals surface area contributed by atoms with Gasteiger partial charge in [0.1, 0.15) is 18.2 Å². The molecule has 0 spiro atoms. The van der Waals surface area contributed by atoms with Gasteiger partial charge in [0.2, 0.25) is 0 Å². The Kier molecular flexibility index (Phi) is 4.87. The summed E-state index contributed by atoms with van der Waals surface area (Å²) in [4.78, 5) is 11.2. The molecule has 0 N–H and O–H groups in total. The standard InChI is InChI=1S/C17H22N8S/c1-23-15(12-25-9-3-7-19-25)21-22-16(23)13-5-10-24(11-6-13)14-4-8-18-17(20-14)26-2/h3-4,7-9,13H,5-6,10-12H2,1-2H3. The Bertz CT molecular complexity index is 852. The zero-order valence-corrected chi connectivity index (χ0v) is 15.8. The minimum Gasteiger partial charge on any atom is -0.356 e. The molecule has 0 bridgehead atoms. The van der Waals surface area contributed by atoms with E-state index in [0.717, 1.165) is 48.6 Å². The topological polar surface area (TPSA) is 77.5 Å². The Balaban J connectivity index is 1.42. The van der Waals surface area contributed by atoms with E-state index in [1.165, 1.54) is 0 Å². The first-order chi connectivity index (χ1) is 12.7. The van der Waals surface area contributed by atoms with Gasteiger partial charge in [-0.3, -0.25) is 4.68 Å². The molecule has 136 valence electrons. The van der Waals surface area contributed by atoms with E-state index >= 15 is 0 Å². The van der Waals surface area contributed by atoms with Gasteiger partial charge in [-0.15, -0.1) is 10.2 Å². The van der Waals surface area contributed by atoms with Crippen LogP contribution in [0.1, 0.15) is 30.4 Å². The lowest BCUT2D eigenvalue weighted by atomic mass is 9.96. The highest BCUT2D eigenvalue weighted by molar-refractivity contribution is 7.98. The summed E-state index contributed by atoms with van der Waals surface area (Å²) in [5, 5.41) is 13.9. The van der Waals surface area contributed by atoms with Crippen LogP contribution in [0.5, 0.6) is 0 Å². The summed E-state index contributed by atoms with van der Waals surface area (Å²) in [6, 6.07) is 3.91. The molecule has 1 fully saturated rings. The predicted molar refractivity (Wildman–Crippen MR) is 100 cm³/mol. The third-order valence-corrected chi connectivity index (χ3v) is 5.41. The molecule has 3 aromatic heterocycles. The molecule has 0 aliphatic carbocycles. The largest absolute Gasteiger partial charge is 0.356 e. The minimum atomic E-state index is 0.428. The lowest BCUT2D eigenvalue weighted by Gasteiger charge is -2.32. The molecular weight excluding hydrogens is 348 g/mol. The number of rotatable bonds is 5. The van der Waals surface area contributed by atoms with E-state index < -0.39 is 0 Å². The summed E-state index contributed by atoms with van der Waals surface area (Å²) in [7, 11) is 2.05. The SMILES string of the molecule is CSc1nccc(N2CCC(c3nnc(Cn4cccn4)n3C)CC2)n1. The number of hydrogen-bond donors (Lipinski definition) is 0. The van der Waals surface area contributed by atoms with Gasteiger partial charge in [-0.2, -0.15) is 5.10 Å². The van der Waals surface area contributed by atoms with E-state index in [1.54, 1.807) is 18.0 Å². The van der Waals surface area contributed by atoms with E-state index in [-0.39, 0.29) is 0 Å². The maximum absolute atomic E-state index is 4.61. The van der Waals surface area contributed by atoms with Crippen molar-refractivity contribution < 1.29 is 0 Å². The van der Waals surface area contributed by atoms with Gasteiger partial charge in [0.15, 0.2) is 11.0 Å². The van der Waals surface area contributed by atoms with Crippen LogP contribution in [0, 0.1) is 0 Å². The van der Waals surface area contributed by atoms with Gasteiger partial charge in [0, 0.05) is 44.6 Å². The van der Waals surface area contributed by atoms with Crippen LogP contribution in [-0.4, -0.2) is 53.9 Å². The normalized spacial score (nSPS) is 15.5. The maximum Gasteiger partial charge on any atom is 0.189 e. The molecule has 0 unspecified atom stereocenters. The van der Waals surface area contributed by atoms with Crippen molar-refractivity contribution in [2.75, 3.05) is 24.2 Å². The molecule has 1 saturated heterocycles. The lowest BCUT2D eigenvalue weighted by Crippen LogP contribution is -2.34. The lowest BCUT2D eigenvalue weighted by molar-refractivity contribution is 0.468. The van der Waals surface area contributed by atoms with Gasteiger partial charge in [-0.1, -0.05) is 11.8 Å². The molecule has 9 heteroatoms. The van der Waals surface area contributed by atoms with Crippen LogP contribution in [0.3, 0.4) is 0 Å². The monoisotopic (exact) mass is 370 g/mol. The van der Waals surface area contributed by atoms with Crippen molar-refractivity contribution in [1.82, 2.24) is 34.5 Å². The second-order valence-electron chi connectivity index (χ2n) is 6.40. The van der Waals surface area contributed by atoms with Crippen LogP contribution in [0.25, 0.3) is 0 Å². The molecule has 3 aromatic rings. The summed E-state index contributed by atoms with van der Waals surface area (Å²) in [5.41, 5.74) is 0. The molecule has 1 aliphatic rings. The Morgan fingerprint density at radius 3 is 2.77 bits per heavy atom. The molecule has 0 aromatic carbocycles. The predicted octanol–water partition coefficient (Wildman–Crippen LogP) is 1.96. The fraction of sp³-hybridized carbons (Fsp3) is 0.471. The van der Waals surface area contributed by atoms with E-state index in [4.69, 9.17) is 0 Å². The molecule has 1 aliphatic heterocycles. The minimum absolute atomic E-state index is 0.428. The van der Waals surface area contributed by atoms with Crippen molar-refractivity contribution in [3.63, 3.8) is 0 Å². The molecular formula is C17H22N8S. The van der Waals surface area contributed by atoms with Gasteiger partial charge < -0.3 is 9.47 Å². The number of thioether (sulfide) groups is 1. The van der Waals surface area contributed by atoms with E-state index in [0.29, 0.717) is 12.5 Å². The molecule has 0 amide bonds. The number of piperidine rings is 1. The molecule has 0 saturated carbocycles. The van der Waals surface area contributed by atoms with Crippen molar-refractivity contribution in [2.24, 2.45) is 7.05 Å². The molecule has 8 nitrogen and oxygen atoms in total. The summed E-state index contributed by atoms with van der Waals surface area (Å²) in [6.07, 6.45) is 9.66. The zero-order valence-electron chi connectivity index (χ0n) is 15.0. The Hall–Kier alpha value is -2.42. The van der Waals surface area contributed by atoms with Gasteiger partial charge in [-0.25, -0.2) is 9.97 Å². The van der Waals surface area contributed by atoms with Crippen LogP contribution in [0.2, 0.25) is 0 Å². The number of hydrogen-bond acceptors (Lipinski definition) is 7. The first kappa shape index (κ1) is 17.0. The van der Waals surface area contributed by atoms with Gasteiger partial charge >= 0.3 is 0 Å². The van der Waals surface area contributed by atoms with Gasteiger partial charge in [0.25, 0.3) is 0 Å². The maximum atomic E-state index is 4.61. The molecule has 0 atom stereocenters. The summed E-state index contributed by atoms with van der Waals surface area (Å²) in [5.74, 6) is 3.45. The fourth-order valence-corrected chi connectivity index (χ4v) is 3.73. The number of nitrogens with zero attached hydrogens (tertiary/aromatic N) is 8. The Labute approximate surface area is 156 Å². The van der Waals surface area contributed by atoms with Crippen molar-refractivity contribution in [1.29, 1.82) is 0 Å². The third kappa shape index (κ3) is 3.44. The number of anilines is 1. The Morgan fingerprint density at radius 2 is 2.04 bits per heavy atom. The smallest absolute Gasteiger partial charge is 0.189 e. The summed E-state index contributed by atoms with van der Waals surface area (Å²) in [6.45, 7) is 2.58. The highest BCUT2D eigenvalue weighted by atomic mass is 32.2. The van der Waals surface area contributed by atoms with Crippen molar-refractivity contribution >= 4 is 17.6 Å². The molecule has 0 radical (unpaired) electrons. The van der Waals surface area contributed by atoms with E-state index in [1.807, 2.05) is 35.5 Å².